The van der Waals surface area contributed by atoms with Crippen molar-refractivity contribution in [3.63, 3.8) is 0 Å². The van der Waals surface area contributed by atoms with Gasteiger partial charge >= 0.3 is 0 Å². The highest BCUT2D eigenvalue weighted by atomic mass is 79.9. The number of aromatic nitrogens is 4. The number of amides is 1. The third-order valence-corrected chi connectivity index (χ3v) is 4.47. The molecule has 0 atom stereocenters. The van der Waals surface area contributed by atoms with Crippen molar-refractivity contribution in [2.45, 2.75) is 26.4 Å². The van der Waals surface area contributed by atoms with Crippen molar-refractivity contribution >= 4 is 27.7 Å². The van der Waals surface area contributed by atoms with Crippen LogP contribution in [-0.2, 0) is 17.9 Å². The van der Waals surface area contributed by atoms with Gasteiger partial charge in [0.2, 0.25) is 5.91 Å². The van der Waals surface area contributed by atoms with Crippen LogP contribution in [0.5, 0.6) is 0 Å². The summed E-state index contributed by atoms with van der Waals surface area (Å²) in [5.74, 6) is 0.486. The van der Waals surface area contributed by atoms with Crippen LogP contribution in [0.25, 0.3) is 0 Å². The monoisotopic (exact) mass is 387 g/mol. The molecule has 124 valence electrons. The number of carbonyl (C=O) groups is 1. The zero-order chi connectivity index (χ0) is 16.9. The van der Waals surface area contributed by atoms with Crippen molar-refractivity contribution in [2.24, 2.45) is 0 Å². The van der Waals surface area contributed by atoms with Gasteiger partial charge in [-0.2, -0.15) is 10.2 Å². The van der Waals surface area contributed by atoms with Gasteiger partial charge in [-0.3, -0.25) is 14.2 Å². The van der Waals surface area contributed by atoms with Crippen LogP contribution < -0.4 is 5.32 Å². The summed E-state index contributed by atoms with van der Waals surface area (Å²) < 4.78 is 4.56. The summed E-state index contributed by atoms with van der Waals surface area (Å²) in [7, 11) is 0. The minimum atomic E-state index is -0.0778. The second kappa shape index (κ2) is 7.44. The first-order chi connectivity index (χ1) is 11.6. The molecule has 1 amide bonds. The van der Waals surface area contributed by atoms with E-state index >= 15 is 0 Å². The Balaban J connectivity index is 1.52. The standard InChI is InChI=1S/C17H18BrN5O/c1-13-15(18)11-19-23(13)10-8-17(24)20-16-7-9-22(21-16)12-14-5-3-2-4-6-14/h2-7,9,11H,8,10,12H2,1H3,(H,20,21,24). The van der Waals surface area contributed by atoms with Gasteiger partial charge in [-0.05, 0) is 28.4 Å². The van der Waals surface area contributed by atoms with E-state index in [1.54, 1.807) is 21.6 Å². The fourth-order valence-electron chi connectivity index (χ4n) is 2.35. The van der Waals surface area contributed by atoms with Gasteiger partial charge in [0, 0.05) is 24.4 Å². The molecule has 7 heteroatoms. The second-order valence-corrected chi connectivity index (χ2v) is 6.34. The average molecular weight is 388 g/mol. The molecule has 2 heterocycles. The Hall–Kier alpha value is -2.41. The minimum absolute atomic E-state index is 0.0778. The Morgan fingerprint density at radius 1 is 1.25 bits per heavy atom. The van der Waals surface area contributed by atoms with Crippen LogP contribution in [-0.4, -0.2) is 25.5 Å². The molecule has 0 saturated heterocycles. The Kier molecular flexibility index (Phi) is 5.10. The Morgan fingerprint density at radius 3 is 2.75 bits per heavy atom. The second-order valence-electron chi connectivity index (χ2n) is 5.48. The molecule has 0 fully saturated rings. The predicted molar refractivity (Wildman–Crippen MR) is 95.7 cm³/mol. The van der Waals surface area contributed by atoms with Gasteiger partial charge in [0.25, 0.3) is 0 Å². The summed E-state index contributed by atoms with van der Waals surface area (Å²) in [6, 6.07) is 11.9. The molecule has 3 rings (SSSR count). The average Bonchev–Trinajstić information content (AvgIpc) is 3.14. The van der Waals surface area contributed by atoms with Crippen molar-refractivity contribution in [1.29, 1.82) is 0 Å². The van der Waals surface area contributed by atoms with Gasteiger partial charge in [0.15, 0.2) is 5.82 Å². The molecule has 1 N–H and O–H groups in total. The molecule has 1 aromatic carbocycles. The highest BCUT2D eigenvalue weighted by Gasteiger charge is 2.08. The molecule has 0 spiro atoms. The first-order valence-electron chi connectivity index (χ1n) is 7.67. The molecule has 6 nitrogen and oxygen atoms in total. The van der Waals surface area contributed by atoms with Gasteiger partial charge in [-0.15, -0.1) is 0 Å². The van der Waals surface area contributed by atoms with Gasteiger partial charge in [0.1, 0.15) is 0 Å². The molecule has 0 saturated carbocycles. The summed E-state index contributed by atoms with van der Waals surface area (Å²) in [6.45, 7) is 3.17. The third kappa shape index (κ3) is 4.11. The molecule has 0 aliphatic carbocycles. The predicted octanol–water partition coefficient (Wildman–Crippen LogP) is 3.23. The van der Waals surface area contributed by atoms with Crippen LogP contribution in [0.15, 0.2) is 53.3 Å². The minimum Gasteiger partial charge on any atom is -0.309 e. The summed E-state index contributed by atoms with van der Waals surface area (Å²) in [5, 5.41) is 11.4. The van der Waals surface area contributed by atoms with Crippen molar-refractivity contribution in [2.75, 3.05) is 5.32 Å². The number of halogens is 1. The van der Waals surface area contributed by atoms with Crippen LogP contribution in [0.4, 0.5) is 5.82 Å². The lowest BCUT2D eigenvalue weighted by Gasteiger charge is -2.05. The SMILES string of the molecule is Cc1c(Br)cnn1CCC(=O)Nc1ccn(Cc2ccccc2)n1. The number of nitrogens with zero attached hydrogens (tertiary/aromatic N) is 4. The Bertz CT molecular complexity index is 825. The van der Waals surface area contributed by atoms with Crippen LogP contribution in [0, 0.1) is 6.92 Å². The summed E-state index contributed by atoms with van der Waals surface area (Å²) in [6.07, 6.45) is 3.94. The van der Waals surface area contributed by atoms with Gasteiger partial charge in [0.05, 0.1) is 23.8 Å². The van der Waals surface area contributed by atoms with Gasteiger partial charge in [-0.25, -0.2) is 0 Å². The largest absolute Gasteiger partial charge is 0.309 e. The number of rotatable bonds is 6. The van der Waals surface area contributed by atoms with E-state index in [-0.39, 0.29) is 5.91 Å². The maximum Gasteiger partial charge on any atom is 0.227 e. The fourth-order valence-corrected chi connectivity index (χ4v) is 2.65. The number of hydrogen-bond donors (Lipinski definition) is 1. The van der Waals surface area contributed by atoms with Crippen LogP contribution in [0.1, 0.15) is 17.7 Å². The van der Waals surface area contributed by atoms with Crippen LogP contribution >= 0.6 is 15.9 Å². The van der Waals surface area contributed by atoms with Crippen LogP contribution in [0.2, 0.25) is 0 Å². The fraction of sp³-hybridized carbons (Fsp3) is 0.235. The molecule has 0 radical (unpaired) electrons. The summed E-state index contributed by atoms with van der Waals surface area (Å²) in [5.41, 5.74) is 2.17. The number of carbonyl (C=O) groups excluding carboxylic acids is 1. The lowest BCUT2D eigenvalue weighted by Crippen LogP contribution is -2.16. The first kappa shape index (κ1) is 16.4. The smallest absolute Gasteiger partial charge is 0.227 e. The van der Waals surface area contributed by atoms with E-state index in [1.165, 1.54) is 5.56 Å². The van der Waals surface area contributed by atoms with Gasteiger partial charge in [-0.1, -0.05) is 30.3 Å². The van der Waals surface area contributed by atoms with E-state index in [4.69, 9.17) is 0 Å². The number of hydrogen-bond acceptors (Lipinski definition) is 3. The molecule has 0 aliphatic heterocycles. The maximum atomic E-state index is 12.1. The zero-order valence-corrected chi connectivity index (χ0v) is 14.9. The third-order valence-electron chi connectivity index (χ3n) is 3.69. The van der Waals surface area contributed by atoms with E-state index in [0.29, 0.717) is 25.3 Å². The quantitative estimate of drug-likeness (QED) is 0.705. The topological polar surface area (TPSA) is 64.7 Å². The van der Waals surface area contributed by atoms with Crippen molar-refractivity contribution in [1.82, 2.24) is 19.6 Å². The van der Waals surface area contributed by atoms with Crippen molar-refractivity contribution in [3.8, 4) is 0 Å². The molecular weight excluding hydrogens is 370 g/mol. The number of anilines is 1. The van der Waals surface area contributed by atoms with Crippen molar-refractivity contribution in [3.05, 3.63) is 64.5 Å². The number of benzene rings is 1. The first-order valence-corrected chi connectivity index (χ1v) is 8.46. The normalized spacial score (nSPS) is 10.8. The Labute approximate surface area is 148 Å². The molecule has 24 heavy (non-hydrogen) atoms. The Morgan fingerprint density at radius 2 is 2.04 bits per heavy atom. The van der Waals surface area contributed by atoms with E-state index in [0.717, 1.165) is 10.2 Å². The number of aryl methyl sites for hydroxylation is 1. The number of nitrogens with one attached hydrogen (secondary N) is 1. The van der Waals surface area contributed by atoms with Crippen LogP contribution in [0.3, 0.4) is 0 Å². The maximum absolute atomic E-state index is 12.1. The highest BCUT2D eigenvalue weighted by molar-refractivity contribution is 9.10. The van der Waals surface area contributed by atoms with Crippen molar-refractivity contribution < 1.29 is 4.79 Å². The molecule has 0 unspecified atom stereocenters. The van der Waals surface area contributed by atoms with E-state index in [1.807, 2.05) is 43.5 Å². The highest BCUT2D eigenvalue weighted by Crippen LogP contribution is 2.14. The lowest BCUT2D eigenvalue weighted by atomic mass is 10.2. The lowest BCUT2D eigenvalue weighted by molar-refractivity contribution is -0.116. The zero-order valence-electron chi connectivity index (χ0n) is 13.3. The van der Waals surface area contributed by atoms with E-state index < -0.39 is 0 Å². The molecule has 3 aromatic rings. The molecule has 2 aromatic heterocycles. The molecule has 0 bridgehead atoms. The summed E-state index contributed by atoms with van der Waals surface area (Å²) in [4.78, 5) is 12.1. The summed E-state index contributed by atoms with van der Waals surface area (Å²) >= 11 is 3.41. The van der Waals surface area contributed by atoms with E-state index in [2.05, 4.69) is 31.4 Å². The molecular formula is C17H18BrN5O. The van der Waals surface area contributed by atoms with Gasteiger partial charge < -0.3 is 5.32 Å². The molecule has 0 aliphatic rings. The van der Waals surface area contributed by atoms with E-state index in [9.17, 15) is 4.79 Å².